The molecule has 0 saturated heterocycles. The number of hydrogen-bond donors (Lipinski definition) is 2. The molecule has 0 spiro atoms. The molecule has 0 bridgehead atoms. The van der Waals surface area contributed by atoms with Gasteiger partial charge in [-0.05, 0) is 26.0 Å². The van der Waals surface area contributed by atoms with Gasteiger partial charge in [0.05, 0.1) is 5.69 Å². The number of nitrogens with two attached hydrogens (primary N) is 1. The van der Waals surface area contributed by atoms with Gasteiger partial charge in [-0.15, -0.1) is 0 Å². The van der Waals surface area contributed by atoms with E-state index in [2.05, 4.69) is 15.4 Å². The van der Waals surface area contributed by atoms with E-state index in [0.29, 0.717) is 18.8 Å². The molecule has 2 heterocycles. The molecule has 1 aromatic carbocycles. The van der Waals surface area contributed by atoms with E-state index >= 15 is 0 Å². The van der Waals surface area contributed by atoms with Gasteiger partial charge in [-0.25, -0.2) is 9.37 Å². The summed E-state index contributed by atoms with van der Waals surface area (Å²) in [5.41, 5.74) is 9.66. The fourth-order valence-electron chi connectivity index (χ4n) is 2.39. The van der Waals surface area contributed by atoms with Crippen molar-refractivity contribution >= 4 is 11.5 Å². The minimum absolute atomic E-state index is 0.281. The summed E-state index contributed by atoms with van der Waals surface area (Å²) in [6.07, 6.45) is 0. The Bertz CT molecular complexity index is 825. The van der Waals surface area contributed by atoms with Gasteiger partial charge in [-0.1, -0.05) is 12.1 Å². The monoisotopic (exact) mass is 299 g/mol. The first-order valence-electron chi connectivity index (χ1n) is 7.17. The minimum Gasteiger partial charge on any atom is -0.368 e. The van der Waals surface area contributed by atoms with Crippen molar-refractivity contribution in [2.75, 3.05) is 18.4 Å². The topological polar surface area (TPSA) is 68.2 Å². The third-order valence-electron chi connectivity index (χ3n) is 3.64. The number of hydrogen-bond acceptors (Lipinski definition) is 4. The van der Waals surface area contributed by atoms with E-state index in [0.717, 1.165) is 28.3 Å². The molecule has 0 saturated carbocycles. The molecule has 22 heavy (non-hydrogen) atoms. The maximum Gasteiger partial charge on any atom is 0.158 e. The average molecular weight is 299 g/mol. The fourth-order valence-corrected chi connectivity index (χ4v) is 2.39. The SMILES string of the molecule is Cc1nc2cc(-c3cccc(F)c3)nn2c(NCCN)c1C. The van der Waals surface area contributed by atoms with E-state index in [4.69, 9.17) is 5.73 Å². The number of benzene rings is 1. The summed E-state index contributed by atoms with van der Waals surface area (Å²) in [6, 6.07) is 8.24. The molecule has 5 nitrogen and oxygen atoms in total. The third kappa shape index (κ3) is 2.53. The Kier molecular flexibility index (Phi) is 3.77. The number of rotatable bonds is 4. The highest BCUT2D eigenvalue weighted by Gasteiger charge is 2.13. The number of nitrogens with zero attached hydrogens (tertiary/aromatic N) is 3. The quantitative estimate of drug-likeness (QED) is 0.777. The molecule has 0 aliphatic carbocycles. The Morgan fingerprint density at radius 2 is 2.09 bits per heavy atom. The summed E-state index contributed by atoms with van der Waals surface area (Å²) in [5.74, 6) is 0.590. The highest BCUT2D eigenvalue weighted by atomic mass is 19.1. The smallest absolute Gasteiger partial charge is 0.158 e. The molecule has 0 atom stereocenters. The summed E-state index contributed by atoms with van der Waals surface area (Å²) in [4.78, 5) is 4.55. The van der Waals surface area contributed by atoms with Crippen LogP contribution in [0.5, 0.6) is 0 Å². The van der Waals surface area contributed by atoms with Gasteiger partial charge in [0.2, 0.25) is 0 Å². The van der Waals surface area contributed by atoms with E-state index < -0.39 is 0 Å². The molecular formula is C16H18FN5. The van der Waals surface area contributed by atoms with E-state index in [1.54, 1.807) is 10.6 Å². The predicted octanol–water partition coefficient (Wildman–Crippen LogP) is 2.52. The molecule has 3 rings (SSSR count). The van der Waals surface area contributed by atoms with E-state index in [1.807, 2.05) is 26.0 Å². The number of aryl methyl sites for hydroxylation is 1. The van der Waals surface area contributed by atoms with Gasteiger partial charge < -0.3 is 11.1 Å². The molecule has 0 radical (unpaired) electrons. The van der Waals surface area contributed by atoms with Crippen molar-refractivity contribution in [1.82, 2.24) is 14.6 Å². The number of fused-ring (bicyclic) bond motifs is 1. The average Bonchev–Trinajstić information content (AvgIpc) is 2.91. The van der Waals surface area contributed by atoms with Crippen molar-refractivity contribution in [3.8, 4) is 11.3 Å². The van der Waals surface area contributed by atoms with Crippen molar-refractivity contribution in [3.63, 3.8) is 0 Å². The molecule has 114 valence electrons. The van der Waals surface area contributed by atoms with Crippen LogP contribution >= 0.6 is 0 Å². The van der Waals surface area contributed by atoms with Crippen LogP contribution in [-0.2, 0) is 0 Å². The van der Waals surface area contributed by atoms with Crippen LogP contribution in [0, 0.1) is 19.7 Å². The van der Waals surface area contributed by atoms with Crippen LogP contribution in [0.4, 0.5) is 10.2 Å². The molecular weight excluding hydrogens is 281 g/mol. The largest absolute Gasteiger partial charge is 0.368 e. The molecule has 0 aliphatic rings. The molecule has 3 N–H and O–H groups in total. The zero-order chi connectivity index (χ0) is 15.7. The zero-order valence-electron chi connectivity index (χ0n) is 12.6. The van der Waals surface area contributed by atoms with Crippen molar-refractivity contribution in [2.24, 2.45) is 5.73 Å². The summed E-state index contributed by atoms with van der Waals surface area (Å²) >= 11 is 0. The first-order valence-corrected chi connectivity index (χ1v) is 7.17. The maximum atomic E-state index is 13.4. The van der Waals surface area contributed by atoms with Gasteiger partial charge in [0.1, 0.15) is 11.6 Å². The van der Waals surface area contributed by atoms with Crippen LogP contribution < -0.4 is 11.1 Å². The second-order valence-electron chi connectivity index (χ2n) is 5.20. The predicted molar refractivity (Wildman–Crippen MR) is 85.4 cm³/mol. The third-order valence-corrected chi connectivity index (χ3v) is 3.64. The lowest BCUT2D eigenvalue weighted by molar-refractivity contribution is 0.628. The van der Waals surface area contributed by atoms with Crippen LogP contribution in [0.1, 0.15) is 11.3 Å². The molecule has 0 unspecified atom stereocenters. The summed E-state index contributed by atoms with van der Waals surface area (Å²) in [6.45, 7) is 5.12. The Morgan fingerprint density at radius 1 is 1.27 bits per heavy atom. The second kappa shape index (κ2) is 5.73. The van der Waals surface area contributed by atoms with E-state index in [1.165, 1.54) is 12.1 Å². The van der Waals surface area contributed by atoms with E-state index in [9.17, 15) is 4.39 Å². The van der Waals surface area contributed by atoms with Crippen molar-refractivity contribution < 1.29 is 4.39 Å². The van der Waals surface area contributed by atoms with Crippen molar-refractivity contribution in [1.29, 1.82) is 0 Å². The minimum atomic E-state index is -0.281. The highest BCUT2D eigenvalue weighted by molar-refractivity contribution is 5.66. The number of nitrogens with one attached hydrogen (secondary N) is 1. The van der Waals surface area contributed by atoms with Crippen LogP contribution in [0.15, 0.2) is 30.3 Å². The lowest BCUT2D eigenvalue weighted by Gasteiger charge is -2.12. The Balaban J connectivity index is 2.16. The maximum absolute atomic E-state index is 13.4. The van der Waals surface area contributed by atoms with Crippen molar-refractivity contribution in [3.05, 3.63) is 47.4 Å². The molecule has 0 aliphatic heterocycles. The summed E-state index contributed by atoms with van der Waals surface area (Å²) in [7, 11) is 0. The zero-order valence-corrected chi connectivity index (χ0v) is 12.6. The van der Waals surface area contributed by atoms with Gasteiger partial charge in [0, 0.05) is 36.0 Å². The molecule has 0 fully saturated rings. The van der Waals surface area contributed by atoms with Gasteiger partial charge in [0.15, 0.2) is 5.65 Å². The normalized spacial score (nSPS) is 11.1. The van der Waals surface area contributed by atoms with Gasteiger partial charge in [-0.2, -0.15) is 9.61 Å². The van der Waals surface area contributed by atoms with Crippen LogP contribution in [0.2, 0.25) is 0 Å². The Hall–Kier alpha value is -2.47. The Morgan fingerprint density at radius 3 is 2.82 bits per heavy atom. The van der Waals surface area contributed by atoms with Gasteiger partial charge in [0.25, 0.3) is 0 Å². The van der Waals surface area contributed by atoms with Gasteiger partial charge in [-0.3, -0.25) is 0 Å². The summed E-state index contributed by atoms with van der Waals surface area (Å²) in [5, 5.41) is 7.85. The van der Waals surface area contributed by atoms with Crippen molar-refractivity contribution in [2.45, 2.75) is 13.8 Å². The lowest BCUT2D eigenvalue weighted by atomic mass is 10.1. The molecule has 6 heteroatoms. The summed E-state index contributed by atoms with van der Waals surface area (Å²) < 4.78 is 15.2. The lowest BCUT2D eigenvalue weighted by Crippen LogP contribution is -2.17. The van der Waals surface area contributed by atoms with Crippen LogP contribution in [0.25, 0.3) is 16.9 Å². The van der Waals surface area contributed by atoms with E-state index in [-0.39, 0.29) is 5.82 Å². The number of halogens is 1. The number of anilines is 1. The van der Waals surface area contributed by atoms with Crippen LogP contribution in [-0.4, -0.2) is 27.7 Å². The Labute approximate surface area is 128 Å². The van der Waals surface area contributed by atoms with Gasteiger partial charge >= 0.3 is 0 Å². The molecule has 2 aromatic heterocycles. The number of aromatic nitrogens is 3. The highest BCUT2D eigenvalue weighted by Crippen LogP contribution is 2.24. The second-order valence-corrected chi connectivity index (χ2v) is 5.20. The van der Waals surface area contributed by atoms with Crippen LogP contribution in [0.3, 0.4) is 0 Å². The molecule has 0 amide bonds. The standard InChI is InChI=1S/C16H18FN5/c1-10-11(2)20-15-9-14(12-4-3-5-13(17)8-12)21-22(15)16(10)19-7-6-18/h3-5,8-9,19H,6-7,18H2,1-2H3. The molecule has 3 aromatic rings. The first kappa shape index (κ1) is 14.5. The first-order chi connectivity index (χ1) is 10.6. The fraction of sp³-hybridized carbons (Fsp3) is 0.250.